The largest absolute Gasteiger partial charge is 0.357 e. The van der Waals surface area contributed by atoms with Crippen molar-refractivity contribution in [3.8, 4) is 0 Å². The number of nitrogens with zero attached hydrogens (tertiary/aromatic N) is 2. The number of Topliss-reactive ketones (excluding diaryl/α,β-unsaturated/α-hetero) is 1. The molecule has 2 aliphatic rings. The number of hydrogen-bond donors (Lipinski definition) is 1. The van der Waals surface area contributed by atoms with Gasteiger partial charge in [-0.3, -0.25) is 19.5 Å². The van der Waals surface area contributed by atoms with Gasteiger partial charge in [-0.05, 0) is 41.5 Å². The molecule has 2 aromatic rings. The molecule has 1 aliphatic carbocycles. The number of carbonyl (C=O) groups is 2. The van der Waals surface area contributed by atoms with Crippen LogP contribution >= 0.6 is 0 Å². The zero-order valence-corrected chi connectivity index (χ0v) is 18.1. The Kier molecular flexibility index (Phi) is 5.22. The van der Waals surface area contributed by atoms with E-state index < -0.39 is 6.04 Å². The quantitative estimate of drug-likeness (QED) is 0.758. The summed E-state index contributed by atoms with van der Waals surface area (Å²) < 4.78 is 0. The Labute approximate surface area is 178 Å². The van der Waals surface area contributed by atoms with Crippen molar-refractivity contribution < 1.29 is 9.59 Å². The third-order valence-electron chi connectivity index (χ3n) is 5.75. The Bertz CT molecular complexity index is 1010. The third kappa shape index (κ3) is 3.76. The molecule has 1 aliphatic heterocycles. The number of nitrogens with one attached hydrogen (secondary N) is 1. The smallest absolute Gasteiger partial charge is 0.228 e. The standard InChI is InChI=1S/C25H29N3O2/c1-16(2)12-22(30)28-20-10-6-5-9-18(20)27-19-13-25(3,4)14-21(29)23(19)24(28)17-8-7-11-26-15-17/h5-11,15-16,24,27H,12-14H2,1-4H3/t24-/m1/s1. The Hall–Kier alpha value is -2.95. The minimum Gasteiger partial charge on any atom is -0.357 e. The molecule has 156 valence electrons. The number of ketones is 1. The Balaban J connectivity index is 1.98. The van der Waals surface area contributed by atoms with Crippen LogP contribution in [0.5, 0.6) is 0 Å². The van der Waals surface area contributed by atoms with Crippen LogP contribution in [0.3, 0.4) is 0 Å². The molecule has 1 N–H and O–H groups in total. The molecule has 5 nitrogen and oxygen atoms in total. The number of carbonyl (C=O) groups excluding carboxylic acids is 2. The van der Waals surface area contributed by atoms with Crippen LogP contribution in [0.1, 0.15) is 58.6 Å². The van der Waals surface area contributed by atoms with E-state index in [0.29, 0.717) is 18.4 Å². The fourth-order valence-corrected chi connectivity index (χ4v) is 4.56. The van der Waals surface area contributed by atoms with Crippen LogP contribution in [-0.2, 0) is 9.59 Å². The van der Waals surface area contributed by atoms with Crippen molar-refractivity contribution in [1.82, 2.24) is 4.98 Å². The van der Waals surface area contributed by atoms with Crippen LogP contribution in [0.2, 0.25) is 0 Å². The van der Waals surface area contributed by atoms with E-state index in [-0.39, 0.29) is 23.0 Å². The monoisotopic (exact) mass is 403 g/mol. The first kappa shape index (κ1) is 20.3. The second-order valence-electron chi connectivity index (χ2n) is 9.53. The van der Waals surface area contributed by atoms with Crippen molar-refractivity contribution >= 4 is 23.1 Å². The first-order valence-electron chi connectivity index (χ1n) is 10.6. The minimum absolute atomic E-state index is 0.0134. The van der Waals surface area contributed by atoms with Crippen LogP contribution in [0, 0.1) is 11.3 Å². The highest BCUT2D eigenvalue weighted by atomic mass is 16.2. The topological polar surface area (TPSA) is 62.3 Å². The van der Waals surface area contributed by atoms with E-state index in [1.807, 2.05) is 55.1 Å². The average Bonchev–Trinajstić information content (AvgIpc) is 2.81. The molecule has 1 atom stereocenters. The van der Waals surface area contributed by atoms with Gasteiger partial charge in [0.1, 0.15) is 0 Å². The number of hydrogen-bond acceptors (Lipinski definition) is 4. The predicted octanol–water partition coefficient (Wildman–Crippen LogP) is 5.27. The summed E-state index contributed by atoms with van der Waals surface area (Å²) in [6.07, 6.45) is 5.12. The van der Waals surface area contributed by atoms with Crippen molar-refractivity contribution in [3.63, 3.8) is 0 Å². The number of benzene rings is 1. The fourth-order valence-electron chi connectivity index (χ4n) is 4.56. The lowest BCUT2D eigenvalue weighted by Gasteiger charge is -2.37. The van der Waals surface area contributed by atoms with Crippen molar-refractivity contribution in [1.29, 1.82) is 0 Å². The molecule has 0 fully saturated rings. The summed E-state index contributed by atoms with van der Waals surface area (Å²) in [5.74, 6) is 0.321. The van der Waals surface area contributed by atoms with Gasteiger partial charge < -0.3 is 5.32 Å². The molecule has 0 saturated carbocycles. The zero-order valence-electron chi connectivity index (χ0n) is 18.1. The van der Waals surface area contributed by atoms with Crippen molar-refractivity contribution in [2.75, 3.05) is 10.2 Å². The van der Waals surface area contributed by atoms with Crippen LogP contribution in [0.4, 0.5) is 11.4 Å². The van der Waals surface area contributed by atoms with Crippen LogP contribution in [0.15, 0.2) is 60.1 Å². The molecule has 1 aromatic heterocycles. The number of allylic oxidation sites excluding steroid dienone is 1. The highest BCUT2D eigenvalue weighted by molar-refractivity contribution is 6.06. The molecular formula is C25H29N3O2. The summed E-state index contributed by atoms with van der Waals surface area (Å²) in [6.45, 7) is 8.32. The van der Waals surface area contributed by atoms with Crippen molar-refractivity contribution in [2.24, 2.45) is 11.3 Å². The molecule has 2 heterocycles. The van der Waals surface area contributed by atoms with Crippen LogP contribution in [0.25, 0.3) is 0 Å². The van der Waals surface area contributed by atoms with E-state index >= 15 is 0 Å². The van der Waals surface area contributed by atoms with E-state index in [4.69, 9.17) is 0 Å². The van der Waals surface area contributed by atoms with Gasteiger partial charge in [-0.1, -0.05) is 45.9 Å². The average molecular weight is 404 g/mol. The summed E-state index contributed by atoms with van der Waals surface area (Å²) in [5, 5.41) is 3.53. The van der Waals surface area contributed by atoms with Gasteiger partial charge >= 0.3 is 0 Å². The number of amides is 1. The van der Waals surface area contributed by atoms with Gasteiger partial charge in [0.05, 0.1) is 17.4 Å². The molecule has 0 radical (unpaired) electrons. The summed E-state index contributed by atoms with van der Waals surface area (Å²) in [7, 11) is 0. The molecule has 1 amide bonds. The molecule has 0 unspecified atom stereocenters. The summed E-state index contributed by atoms with van der Waals surface area (Å²) in [6, 6.07) is 11.2. The highest BCUT2D eigenvalue weighted by Gasteiger charge is 2.43. The number of para-hydroxylation sites is 2. The molecule has 0 bridgehead atoms. The van der Waals surface area contributed by atoms with E-state index in [2.05, 4.69) is 24.1 Å². The van der Waals surface area contributed by atoms with E-state index in [0.717, 1.165) is 29.1 Å². The molecule has 0 saturated heterocycles. The third-order valence-corrected chi connectivity index (χ3v) is 5.75. The molecule has 1 aromatic carbocycles. The Morgan fingerprint density at radius 2 is 1.97 bits per heavy atom. The van der Waals surface area contributed by atoms with E-state index in [9.17, 15) is 9.59 Å². The predicted molar refractivity (Wildman–Crippen MR) is 119 cm³/mol. The van der Waals surface area contributed by atoms with Crippen LogP contribution < -0.4 is 10.2 Å². The highest BCUT2D eigenvalue weighted by Crippen LogP contribution is 2.48. The van der Waals surface area contributed by atoms with Crippen molar-refractivity contribution in [2.45, 2.75) is 53.0 Å². The van der Waals surface area contributed by atoms with E-state index in [1.54, 1.807) is 12.4 Å². The second kappa shape index (κ2) is 7.71. The molecular weight excluding hydrogens is 374 g/mol. The molecule has 5 heteroatoms. The maximum Gasteiger partial charge on any atom is 0.228 e. The molecule has 0 spiro atoms. The fraction of sp³-hybridized carbons (Fsp3) is 0.400. The maximum absolute atomic E-state index is 13.6. The number of rotatable bonds is 3. The van der Waals surface area contributed by atoms with Gasteiger partial charge in [0.25, 0.3) is 0 Å². The maximum atomic E-state index is 13.6. The number of pyridine rings is 1. The summed E-state index contributed by atoms with van der Waals surface area (Å²) in [4.78, 5) is 33.1. The van der Waals surface area contributed by atoms with Gasteiger partial charge in [0.2, 0.25) is 5.91 Å². The first-order valence-corrected chi connectivity index (χ1v) is 10.6. The lowest BCUT2D eigenvalue weighted by molar-refractivity contribution is -0.120. The SMILES string of the molecule is CC(C)CC(=O)N1c2ccccc2NC2=C(C(=O)CC(C)(C)C2)[C@H]1c1cccnc1. The summed E-state index contributed by atoms with van der Waals surface area (Å²) >= 11 is 0. The Morgan fingerprint density at radius 1 is 1.20 bits per heavy atom. The number of anilines is 2. The van der Waals surface area contributed by atoms with Gasteiger partial charge in [0.15, 0.2) is 5.78 Å². The first-order chi connectivity index (χ1) is 14.3. The second-order valence-corrected chi connectivity index (χ2v) is 9.53. The molecule has 4 rings (SSSR count). The van der Waals surface area contributed by atoms with E-state index in [1.165, 1.54) is 0 Å². The van der Waals surface area contributed by atoms with Gasteiger partial charge in [-0.25, -0.2) is 0 Å². The van der Waals surface area contributed by atoms with Gasteiger partial charge in [-0.2, -0.15) is 0 Å². The van der Waals surface area contributed by atoms with Crippen LogP contribution in [-0.4, -0.2) is 16.7 Å². The zero-order chi connectivity index (χ0) is 21.5. The van der Waals surface area contributed by atoms with Crippen molar-refractivity contribution in [3.05, 3.63) is 65.6 Å². The lowest BCUT2D eigenvalue weighted by Crippen LogP contribution is -2.40. The Morgan fingerprint density at radius 3 is 2.67 bits per heavy atom. The molecule has 30 heavy (non-hydrogen) atoms. The summed E-state index contributed by atoms with van der Waals surface area (Å²) in [5.41, 5.74) is 3.99. The lowest BCUT2D eigenvalue weighted by atomic mass is 9.73. The minimum atomic E-state index is -0.486. The normalized spacial score (nSPS) is 20.4. The van der Waals surface area contributed by atoms with Gasteiger partial charge in [-0.15, -0.1) is 0 Å². The number of aromatic nitrogens is 1. The number of fused-ring (bicyclic) bond motifs is 1. The van der Waals surface area contributed by atoms with Gasteiger partial charge in [0, 0.05) is 36.5 Å².